The Kier molecular flexibility index (Phi) is 10.7. The molecule has 1 amide bonds. The van der Waals surface area contributed by atoms with E-state index in [1.165, 1.54) is 0 Å². The molecule has 132 valence electrons. The number of carbonyl (C=O) groups is 1. The maximum Gasteiger partial charge on any atom is 0.227 e. The maximum absolute atomic E-state index is 12.6. The number of carbonyl (C=O) groups excluding carboxylic acids is 1. The van der Waals surface area contributed by atoms with Gasteiger partial charge in [-0.1, -0.05) is 39.8 Å². The van der Waals surface area contributed by atoms with E-state index in [1.807, 2.05) is 29.2 Å². The summed E-state index contributed by atoms with van der Waals surface area (Å²) in [5.41, 5.74) is 7.49. The van der Waals surface area contributed by atoms with Crippen LogP contribution in [0.15, 0.2) is 24.3 Å². The van der Waals surface area contributed by atoms with Gasteiger partial charge in [0.15, 0.2) is 0 Å². The number of benzene rings is 1. The van der Waals surface area contributed by atoms with Gasteiger partial charge in [0.1, 0.15) is 0 Å². The number of nitrogen functional groups attached to an aromatic ring is 1. The van der Waals surface area contributed by atoms with Crippen LogP contribution in [0.1, 0.15) is 33.3 Å². The molecule has 1 aromatic rings. The molecule has 5 heteroatoms. The molecule has 0 fully saturated rings. The molecule has 0 spiro atoms. The highest BCUT2D eigenvalue weighted by molar-refractivity contribution is 5.85. The van der Waals surface area contributed by atoms with Crippen LogP contribution >= 0.6 is 12.4 Å². The average Bonchev–Trinajstić information content (AvgIpc) is 2.46. The second-order valence-corrected chi connectivity index (χ2v) is 6.18. The number of nitrogens with two attached hydrogens (primary N) is 1. The molecule has 1 aromatic carbocycles. The van der Waals surface area contributed by atoms with Gasteiger partial charge in [-0.3, -0.25) is 4.79 Å². The highest BCUT2D eigenvalue weighted by Gasteiger charge is 2.16. The van der Waals surface area contributed by atoms with E-state index in [2.05, 4.69) is 32.6 Å². The Morgan fingerprint density at radius 3 is 2.35 bits per heavy atom. The Hall–Kier alpha value is -1.26. The summed E-state index contributed by atoms with van der Waals surface area (Å²) in [7, 11) is 0. The van der Waals surface area contributed by atoms with Crippen LogP contribution in [-0.2, 0) is 11.2 Å². The third-order valence-electron chi connectivity index (χ3n) is 3.83. The van der Waals surface area contributed by atoms with Gasteiger partial charge < -0.3 is 15.5 Å². The topological polar surface area (TPSA) is 49.6 Å². The zero-order valence-electron chi connectivity index (χ0n) is 14.9. The van der Waals surface area contributed by atoms with Crippen LogP contribution in [0.25, 0.3) is 0 Å². The lowest BCUT2D eigenvalue weighted by Crippen LogP contribution is -2.41. The van der Waals surface area contributed by atoms with Gasteiger partial charge in [0, 0.05) is 25.3 Å². The molecule has 0 heterocycles. The van der Waals surface area contributed by atoms with Crippen molar-refractivity contribution < 1.29 is 4.79 Å². The molecule has 0 saturated carbocycles. The minimum atomic E-state index is 0. The van der Waals surface area contributed by atoms with Crippen molar-refractivity contribution in [2.24, 2.45) is 5.92 Å². The number of amides is 1. The van der Waals surface area contributed by atoms with E-state index in [0.29, 0.717) is 18.0 Å². The third-order valence-corrected chi connectivity index (χ3v) is 3.83. The standard InChI is InChI=1S/C18H31N3O.ClH/c1-5-20(6-2)10-11-21(14-15(3)4)18(22)13-16-8-7-9-17(19)12-16;/h7-9,12,15H,5-6,10-11,13-14,19H2,1-4H3;1H. The van der Waals surface area contributed by atoms with Crippen molar-refractivity contribution in [3.8, 4) is 0 Å². The molecule has 0 bridgehead atoms. The van der Waals surface area contributed by atoms with Crippen molar-refractivity contribution in [1.29, 1.82) is 0 Å². The van der Waals surface area contributed by atoms with Gasteiger partial charge in [-0.25, -0.2) is 0 Å². The van der Waals surface area contributed by atoms with Gasteiger partial charge in [-0.2, -0.15) is 0 Å². The molecule has 0 aromatic heterocycles. The lowest BCUT2D eigenvalue weighted by atomic mass is 10.1. The van der Waals surface area contributed by atoms with Gasteiger partial charge in [0.25, 0.3) is 0 Å². The van der Waals surface area contributed by atoms with Gasteiger partial charge in [0.05, 0.1) is 6.42 Å². The SMILES string of the molecule is CCN(CC)CCN(CC(C)C)C(=O)Cc1cccc(N)c1.Cl. The van der Waals surface area contributed by atoms with Gasteiger partial charge in [-0.15, -0.1) is 12.4 Å². The molecule has 0 aliphatic carbocycles. The van der Waals surface area contributed by atoms with Crippen molar-refractivity contribution in [2.45, 2.75) is 34.1 Å². The fraction of sp³-hybridized carbons (Fsp3) is 0.611. The summed E-state index contributed by atoms with van der Waals surface area (Å²) in [4.78, 5) is 17.0. The van der Waals surface area contributed by atoms with E-state index >= 15 is 0 Å². The summed E-state index contributed by atoms with van der Waals surface area (Å²) in [5.74, 6) is 0.660. The molecule has 23 heavy (non-hydrogen) atoms. The average molecular weight is 342 g/mol. The number of anilines is 1. The minimum absolute atomic E-state index is 0. The monoisotopic (exact) mass is 341 g/mol. The number of halogens is 1. The highest BCUT2D eigenvalue weighted by atomic mass is 35.5. The van der Waals surface area contributed by atoms with Gasteiger partial charge in [0.2, 0.25) is 5.91 Å². The van der Waals surface area contributed by atoms with E-state index < -0.39 is 0 Å². The number of hydrogen-bond acceptors (Lipinski definition) is 3. The Morgan fingerprint density at radius 1 is 1.17 bits per heavy atom. The Labute approximate surface area is 147 Å². The first kappa shape index (κ1) is 21.7. The summed E-state index contributed by atoms with van der Waals surface area (Å²) >= 11 is 0. The predicted molar refractivity (Wildman–Crippen MR) is 101 cm³/mol. The van der Waals surface area contributed by atoms with Crippen molar-refractivity contribution in [1.82, 2.24) is 9.80 Å². The first-order chi connectivity index (χ1) is 10.5. The van der Waals surface area contributed by atoms with E-state index in [0.717, 1.165) is 38.3 Å². The van der Waals surface area contributed by atoms with E-state index in [4.69, 9.17) is 5.73 Å². The van der Waals surface area contributed by atoms with Crippen LogP contribution in [0, 0.1) is 5.92 Å². The first-order valence-electron chi connectivity index (χ1n) is 8.30. The van der Waals surface area contributed by atoms with Crippen LogP contribution in [0.5, 0.6) is 0 Å². The largest absolute Gasteiger partial charge is 0.399 e. The molecule has 2 N–H and O–H groups in total. The van der Waals surface area contributed by atoms with E-state index in [1.54, 1.807) is 0 Å². The summed E-state index contributed by atoms with van der Waals surface area (Å²) in [6, 6.07) is 7.60. The molecule has 0 aliphatic heterocycles. The predicted octanol–water partition coefficient (Wildman–Crippen LogP) is 3.06. The summed E-state index contributed by atoms with van der Waals surface area (Å²) in [6.07, 6.45) is 0.427. The van der Waals surface area contributed by atoms with Gasteiger partial charge >= 0.3 is 0 Å². The first-order valence-corrected chi connectivity index (χ1v) is 8.30. The molecule has 1 rings (SSSR count). The third kappa shape index (κ3) is 8.24. The van der Waals surface area contributed by atoms with Crippen molar-refractivity contribution in [3.05, 3.63) is 29.8 Å². The highest BCUT2D eigenvalue weighted by Crippen LogP contribution is 2.10. The van der Waals surface area contributed by atoms with Crippen molar-refractivity contribution in [2.75, 3.05) is 38.5 Å². The minimum Gasteiger partial charge on any atom is -0.399 e. The summed E-state index contributed by atoms with van der Waals surface area (Å²) in [5, 5.41) is 0. The maximum atomic E-state index is 12.6. The molecular weight excluding hydrogens is 310 g/mol. The van der Waals surface area contributed by atoms with Crippen molar-refractivity contribution in [3.63, 3.8) is 0 Å². The number of rotatable bonds is 9. The Morgan fingerprint density at radius 2 is 1.83 bits per heavy atom. The van der Waals surface area contributed by atoms with E-state index in [-0.39, 0.29) is 18.3 Å². The smallest absolute Gasteiger partial charge is 0.227 e. The normalized spacial score (nSPS) is 10.7. The van der Waals surface area contributed by atoms with Crippen LogP contribution in [0.3, 0.4) is 0 Å². The fourth-order valence-electron chi connectivity index (χ4n) is 2.55. The number of hydrogen-bond donors (Lipinski definition) is 1. The number of nitrogens with zero attached hydrogens (tertiary/aromatic N) is 2. The second-order valence-electron chi connectivity index (χ2n) is 6.18. The molecule has 0 unspecified atom stereocenters. The van der Waals surface area contributed by atoms with E-state index in [9.17, 15) is 4.79 Å². The van der Waals surface area contributed by atoms with Crippen LogP contribution in [0.4, 0.5) is 5.69 Å². The van der Waals surface area contributed by atoms with Crippen molar-refractivity contribution >= 4 is 24.0 Å². The quantitative estimate of drug-likeness (QED) is 0.702. The molecule has 0 saturated heterocycles. The van der Waals surface area contributed by atoms with Gasteiger partial charge in [-0.05, 0) is 36.7 Å². The Balaban J connectivity index is 0.00000484. The fourth-order valence-corrected chi connectivity index (χ4v) is 2.55. The molecule has 0 radical (unpaired) electrons. The molecular formula is C18H32ClN3O. The lowest BCUT2D eigenvalue weighted by molar-refractivity contribution is -0.131. The summed E-state index contributed by atoms with van der Waals surface area (Å²) in [6.45, 7) is 13.2. The van der Waals surface area contributed by atoms with Crippen LogP contribution in [0.2, 0.25) is 0 Å². The summed E-state index contributed by atoms with van der Waals surface area (Å²) < 4.78 is 0. The Bertz CT molecular complexity index is 461. The zero-order valence-corrected chi connectivity index (χ0v) is 15.7. The second kappa shape index (κ2) is 11.3. The zero-order chi connectivity index (χ0) is 16.5. The number of likely N-dealkylation sites (N-methyl/N-ethyl adjacent to an activating group) is 1. The molecule has 0 atom stereocenters. The van der Waals surface area contributed by atoms with Crippen LogP contribution < -0.4 is 5.73 Å². The lowest BCUT2D eigenvalue weighted by Gasteiger charge is -2.28. The molecule has 4 nitrogen and oxygen atoms in total. The van der Waals surface area contributed by atoms with Crippen LogP contribution in [-0.4, -0.2) is 48.4 Å². The molecule has 0 aliphatic rings.